The number of hydrogen-bond acceptors (Lipinski definition) is 1. The summed E-state index contributed by atoms with van der Waals surface area (Å²) >= 11 is 3.22. The zero-order valence-corrected chi connectivity index (χ0v) is 7.68. The van der Waals surface area contributed by atoms with E-state index in [2.05, 4.69) is 20.9 Å². The molecule has 0 aliphatic carbocycles. The van der Waals surface area contributed by atoms with Gasteiger partial charge in [-0.15, -0.1) is 0 Å². The Labute approximate surface area is 77.4 Å². The summed E-state index contributed by atoms with van der Waals surface area (Å²) in [4.78, 5) is 4.11. The van der Waals surface area contributed by atoms with Crippen LogP contribution in [0.15, 0.2) is 34.9 Å². The van der Waals surface area contributed by atoms with Gasteiger partial charge in [-0.05, 0) is 40.2 Å². The Hall–Kier alpha value is -0.960. The fraction of sp³-hybridized carbons (Fsp3) is 0. The number of nitrogens with zero attached hydrogens (tertiary/aromatic N) is 1. The van der Waals surface area contributed by atoms with Crippen molar-refractivity contribution in [2.75, 3.05) is 0 Å². The number of aromatic nitrogens is 1. The lowest BCUT2D eigenvalue weighted by molar-refractivity contribution is 0.639. The van der Waals surface area contributed by atoms with E-state index in [1.165, 1.54) is 6.07 Å². The van der Waals surface area contributed by atoms with Crippen LogP contribution in [0, 0.1) is 5.82 Å². The lowest BCUT2D eigenvalue weighted by Gasteiger charge is -1.97. The highest BCUT2D eigenvalue weighted by Gasteiger charge is 1.99. The largest absolute Gasteiger partial charge is 0.241 e. The van der Waals surface area contributed by atoms with Gasteiger partial charge in [0, 0.05) is 5.39 Å². The standard InChI is InChI=1S/C9H5BrFN/c10-9-5-4-6-7(11)2-1-3-8(6)12-9/h1-5H. The summed E-state index contributed by atoms with van der Waals surface area (Å²) in [5.74, 6) is -0.229. The highest BCUT2D eigenvalue weighted by Crippen LogP contribution is 2.17. The topological polar surface area (TPSA) is 12.9 Å². The average molecular weight is 226 g/mol. The van der Waals surface area contributed by atoms with Crippen molar-refractivity contribution in [2.45, 2.75) is 0 Å². The molecule has 0 atom stereocenters. The lowest BCUT2D eigenvalue weighted by atomic mass is 10.2. The van der Waals surface area contributed by atoms with Gasteiger partial charge in [0.05, 0.1) is 5.52 Å². The van der Waals surface area contributed by atoms with Gasteiger partial charge in [0.2, 0.25) is 0 Å². The Bertz CT molecular complexity index is 428. The summed E-state index contributed by atoms with van der Waals surface area (Å²) in [7, 11) is 0. The maximum absolute atomic E-state index is 13.1. The second kappa shape index (κ2) is 2.83. The van der Waals surface area contributed by atoms with Crippen molar-refractivity contribution in [3.05, 3.63) is 40.8 Å². The van der Waals surface area contributed by atoms with Gasteiger partial charge in [-0.25, -0.2) is 9.37 Å². The molecule has 0 saturated heterocycles. The minimum Gasteiger partial charge on any atom is -0.241 e. The van der Waals surface area contributed by atoms with Crippen molar-refractivity contribution < 1.29 is 4.39 Å². The Balaban J connectivity index is 2.86. The fourth-order valence-electron chi connectivity index (χ4n) is 1.09. The van der Waals surface area contributed by atoms with E-state index in [9.17, 15) is 4.39 Å². The van der Waals surface area contributed by atoms with Crippen LogP contribution in [0.25, 0.3) is 10.9 Å². The van der Waals surface area contributed by atoms with Crippen LogP contribution in [0.2, 0.25) is 0 Å². The molecule has 0 bridgehead atoms. The van der Waals surface area contributed by atoms with E-state index in [-0.39, 0.29) is 5.82 Å². The third-order valence-corrected chi connectivity index (χ3v) is 2.09. The Morgan fingerprint density at radius 2 is 2.00 bits per heavy atom. The van der Waals surface area contributed by atoms with Crippen molar-refractivity contribution in [1.82, 2.24) is 4.98 Å². The van der Waals surface area contributed by atoms with Gasteiger partial charge in [-0.2, -0.15) is 0 Å². The molecule has 0 N–H and O–H groups in total. The number of halogens is 2. The highest BCUT2D eigenvalue weighted by atomic mass is 79.9. The van der Waals surface area contributed by atoms with Crippen molar-refractivity contribution in [3.8, 4) is 0 Å². The molecule has 3 heteroatoms. The van der Waals surface area contributed by atoms with Crippen molar-refractivity contribution in [2.24, 2.45) is 0 Å². The van der Waals surface area contributed by atoms with Crippen LogP contribution in [-0.4, -0.2) is 4.98 Å². The lowest BCUT2D eigenvalue weighted by Crippen LogP contribution is -1.82. The van der Waals surface area contributed by atoms with Crippen molar-refractivity contribution >= 4 is 26.8 Å². The maximum Gasteiger partial charge on any atom is 0.132 e. The monoisotopic (exact) mass is 225 g/mol. The zero-order valence-electron chi connectivity index (χ0n) is 6.09. The van der Waals surface area contributed by atoms with Gasteiger partial charge in [-0.3, -0.25) is 0 Å². The first kappa shape index (κ1) is 7.68. The number of rotatable bonds is 0. The second-order valence-corrected chi connectivity index (χ2v) is 3.25. The maximum atomic E-state index is 13.1. The smallest absolute Gasteiger partial charge is 0.132 e. The summed E-state index contributed by atoms with van der Waals surface area (Å²) in [6.07, 6.45) is 0. The van der Waals surface area contributed by atoms with Crippen LogP contribution in [-0.2, 0) is 0 Å². The van der Waals surface area contributed by atoms with E-state index >= 15 is 0 Å². The summed E-state index contributed by atoms with van der Waals surface area (Å²) in [5.41, 5.74) is 0.671. The number of benzene rings is 1. The summed E-state index contributed by atoms with van der Waals surface area (Å²) in [5, 5.41) is 0.556. The van der Waals surface area contributed by atoms with E-state index in [1.54, 1.807) is 24.3 Å². The van der Waals surface area contributed by atoms with E-state index < -0.39 is 0 Å². The highest BCUT2D eigenvalue weighted by molar-refractivity contribution is 9.10. The molecule has 1 nitrogen and oxygen atoms in total. The third-order valence-electron chi connectivity index (χ3n) is 1.64. The van der Waals surface area contributed by atoms with Gasteiger partial charge < -0.3 is 0 Å². The van der Waals surface area contributed by atoms with Crippen LogP contribution in [0.4, 0.5) is 4.39 Å². The number of pyridine rings is 1. The van der Waals surface area contributed by atoms with Crippen LogP contribution in [0.1, 0.15) is 0 Å². The van der Waals surface area contributed by atoms with Gasteiger partial charge >= 0.3 is 0 Å². The minimum absolute atomic E-state index is 0.229. The molecule has 0 radical (unpaired) electrons. The van der Waals surface area contributed by atoms with E-state index in [4.69, 9.17) is 0 Å². The summed E-state index contributed by atoms with van der Waals surface area (Å²) < 4.78 is 13.8. The molecule has 0 amide bonds. The second-order valence-electron chi connectivity index (χ2n) is 2.44. The van der Waals surface area contributed by atoms with Gasteiger partial charge in [0.25, 0.3) is 0 Å². The first-order valence-corrected chi connectivity index (χ1v) is 4.27. The molecular weight excluding hydrogens is 221 g/mol. The molecule has 1 aromatic carbocycles. The Morgan fingerprint density at radius 1 is 1.17 bits per heavy atom. The summed E-state index contributed by atoms with van der Waals surface area (Å²) in [6, 6.07) is 8.30. The van der Waals surface area contributed by atoms with E-state index in [1.807, 2.05) is 0 Å². The van der Waals surface area contributed by atoms with Gasteiger partial charge in [-0.1, -0.05) is 6.07 Å². The molecule has 60 valence electrons. The SMILES string of the molecule is Fc1cccc2nc(Br)ccc12. The number of hydrogen-bond donors (Lipinski definition) is 0. The Morgan fingerprint density at radius 3 is 2.83 bits per heavy atom. The normalized spacial score (nSPS) is 10.5. The average Bonchev–Trinajstić information content (AvgIpc) is 2.04. The molecule has 0 aliphatic heterocycles. The van der Waals surface area contributed by atoms with Crippen LogP contribution >= 0.6 is 15.9 Å². The molecule has 0 fully saturated rings. The van der Waals surface area contributed by atoms with Crippen molar-refractivity contribution in [1.29, 1.82) is 0 Å². The Kier molecular flexibility index (Phi) is 1.81. The predicted octanol–water partition coefficient (Wildman–Crippen LogP) is 3.14. The fourth-order valence-corrected chi connectivity index (χ4v) is 1.42. The molecule has 0 aliphatic rings. The first-order valence-electron chi connectivity index (χ1n) is 3.48. The number of fused-ring (bicyclic) bond motifs is 1. The quantitative estimate of drug-likeness (QED) is 0.629. The molecule has 12 heavy (non-hydrogen) atoms. The molecule has 0 unspecified atom stereocenters. The minimum atomic E-state index is -0.229. The van der Waals surface area contributed by atoms with E-state index in [0.717, 1.165) is 4.60 Å². The molecule has 0 saturated carbocycles. The first-order chi connectivity index (χ1) is 5.77. The van der Waals surface area contributed by atoms with Crippen LogP contribution < -0.4 is 0 Å². The molecule has 1 heterocycles. The van der Waals surface area contributed by atoms with Crippen LogP contribution in [0.3, 0.4) is 0 Å². The molecular formula is C9H5BrFN. The van der Waals surface area contributed by atoms with Gasteiger partial charge in [0.1, 0.15) is 10.4 Å². The molecule has 0 spiro atoms. The zero-order chi connectivity index (χ0) is 8.55. The molecule has 2 rings (SSSR count). The van der Waals surface area contributed by atoms with Gasteiger partial charge in [0.15, 0.2) is 0 Å². The third kappa shape index (κ3) is 1.20. The predicted molar refractivity (Wildman–Crippen MR) is 49.4 cm³/mol. The summed E-state index contributed by atoms with van der Waals surface area (Å²) in [6.45, 7) is 0. The molecule has 2 aromatic rings. The van der Waals surface area contributed by atoms with E-state index in [0.29, 0.717) is 10.9 Å². The van der Waals surface area contributed by atoms with Crippen LogP contribution in [0.5, 0.6) is 0 Å². The molecule has 1 aromatic heterocycles. The van der Waals surface area contributed by atoms with Crippen molar-refractivity contribution in [3.63, 3.8) is 0 Å².